The second-order valence-corrected chi connectivity index (χ2v) is 7.06. The van der Waals surface area contributed by atoms with Crippen molar-refractivity contribution in [3.8, 4) is 0 Å². The van der Waals surface area contributed by atoms with E-state index >= 15 is 0 Å². The summed E-state index contributed by atoms with van der Waals surface area (Å²) < 4.78 is 14.3. The average Bonchev–Trinajstić information content (AvgIpc) is 2.41. The lowest BCUT2D eigenvalue weighted by Crippen LogP contribution is -2.15. The number of hydrogen-bond donors (Lipinski definition) is 1. The average molecular weight is 382 g/mol. The van der Waals surface area contributed by atoms with Crippen molar-refractivity contribution < 1.29 is 9.18 Å². The van der Waals surface area contributed by atoms with Crippen molar-refractivity contribution >= 4 is 39.3 Å². The quantitative estimate of drug-likeness (QED) is 0.782. The number of carbonyl (C=O) groups is 1. The predicted octanol–water partition coefficient (Wildman–Crippen LogP) is 5.08. The first-order valence-electron chi connectivity index (χ1n) is 6.84. The first-order valence-corrected chi connectivity index (χ1v) is 8.78. The highest BCUT2D eigenvalue weighted by atomic mass is 79.9. The Balaban J connectivity index is 1.85. The second kappa shape index (κ2) is 7.79. The molecule has 0 saturated heterocycles. The van der Waals surface area contributed by atoms with Crippen molar-refractivity contribution in [2.24, 2.45) is 0 Å². The summed E-state index contributed by atoms with van der Waals surface area (Å²) in [5.41, 5.74) is 3.85. The van der Waals surface area contributed by atoms with Gasteiger partial charge in [-0.25, -0.2) is 4.39 Å². The number of hydrogen-bond acceptors (Lipinski definition) is 2. The minimum Gasteiger partial charge on any atom is -0.323 e. The zero-order valence-corrected chi connectivity index (χ0v) is 14.9. The van der Waals surface area contributed by atoms with Crippen LogP contribution in [0.15, 0.2) is 40.9 Å². The zero-order chi connectivity index (χ0) is 16.1. The number of rotatable bonds is 5. The molecule has 0 aromatic heterocycles. The molecule has 0 heterocycles. The summed E-state index contributed by atoms with van der Waals surface area (Å²) in [5.74, 6) is 0.416. The summed E-state index contributed by atoms with van der Waals surface area (Å²) in [6.07, 6.45) is 0. The third-order valence-corrected chi connectivity index (χ3v) is 4.49. The third-order valence-electron chi connectivity index (χ3n) is 2.99. The molecule has 1 N–H and O–H groups in total. The molecule has 0 aliphatic rings. The van der Waals surface area contributed by atoms with Crippen LogP contribution in [0.2, 0.25) is 0 Å². The number of carbonyl (C=O) groups excluding carboxylic acids is 1. The molecular weight excluding hydrogens is 365 g/mol. The van der Waals surface area contributed by atoms with E-state index in [2.05, 4.69) is 53.3 Å². The number of anilines is 1. The van der Waals surface area contributed by atoms with Crippen LogP contribution < -0.4 is 5.32 Å². The van der Waals surface area contributed by atoms with Crippen molar-refractivity contribution in [1.82, 2.24) is 0 Å². The van der Waals surface area contributed by atoms with Crippen LogP contribution in [0.1, 0.15) is 16.7 Å². The zero-order valence-electron chi connectivity index (χ0n) is 12.5. The van der Waals surface area contributed by atoms with Gasteiger partial charge in [0, 0.05) is 10.2 Å². The number of halogens is 2. The molecule has 0 fully saturated rings. The molecule has 1 amide bonds. The van der Waals surface area contributed by atoms with Crippen LogP contribution in [-0.4, -0.2) is 11.7 Å². The summed E-state index contributed by atoms with van der Waals surface area (Å²) in [5, 5.41) is 2.59. The molecule has 22 heavy (non-hydrogen) atoms. The van der Waals surface area contributed by atoms with Crippen LogP contribution in [0.25, 0.3) is 0 Å². The van der Waals surface area contributed by atoms with E-state index in [-0.39, 0.29) is 11.6 Å². The van der Waals surface area contributed by atoms with Crippen LogP contribution in [0.3, 0.4) is 0 Å². The van der Waals surface area contributed by atoms with Crippen LogP contribution in [0, 0.1) is 19.7 Å². The Hall–Kier alpha value is -1.33. The van der Waals surface area contributed by atoms with Crippen molar-refractivity contribution in [3.63, 3.8) is 0 Å². The van der Waals surface area contributed by atoms with E-state index in [1.165, 1.54) is 34.5 Å². The number of aryl methyl sites for hydroxylation is 2. The number of thioether (sulfide) groups is 1. The molecule has 0 bridgehead atoms. The van der Waals surface area contributed by atoms with E-state index in [1.807, 2.05) is 0 Å². The summed E-state index contributed by atoms with van der Waals surface area (Å²) in [6, 6.07) is 10.9. The lowest BCUT2D eigenvalue weighted by Gasteiger charge is -2.07. The van der Waals surface area contributed by atoms with Gasteiger partial charge in [0.15, 0.2) is 0 Å². The Morgan fingerprint density at radius 3 is 2.50 bits per heavy atom. The van der Waals surface area contributed by atoms with E-state index in [4.69, 9.17) is 0 Å². The van der Waals surface area contributed by atoms with Crippen LogP contribution in [0.4, 0.5) is 10.1 Å². The summed E-state index contributed by atoms with van der Waals surface area (Å²) in [6.45, 7) is 4.12. The Bertz CT molecular complexity index is 670. The standard InChI is InChI=1S/C17H17BrFNOS/c1-11-5-12(2)7-13(6-11)9-22-10-17(21)20-16-4-3-14(18)8-15(16)19/h3-8H,9-10H2,1-2H3,(H,20,21). The highest BCUT2D eigenvalue weighted by Gasteiger charge is 2.08. The topological polar surface area (TPSA) is 29.1 Å². The molecule has 2 nitrogen and oxygen atoms in total. The second-order valence-electron chi connectivity index (χ2n) is 5.16. The Morgan fingerprint density at radius 1 is 1.18 bits per heavy atom. The Labute approximate surface area is 142 Å². The monoisotopic (exact) mass is 381 g/mol. The number of amides is 1. The van der Waals surface area contributed by atoms with Crippen LogP contribution in [0.5, 0.6) is 0 Å². The fourth-order valence-electron chi connectivity index (χ4n) is 2.19. The van der Waals surface area contributed by atoms with Gasteiger partial charge >= 0.3 is 0 Å². The molecule has 0 radical (unpaired) electrons. The highest BCUT2D eigenvalue weighted by Crippen LogP contribution is 2.20. The summed E-state index contributed by atoms with van der Waals surface area (Å²) in [4.78, 5) is 11.9. The van der Waals surface area contributed by atoms with Gasteiger partial charge in [-0.2, -0.15) is 0 Å². The van der Waals surface area contributed by atoms with Gasteiger partial charge < -0.3 is 5.32 Å². The van der Waals surface area contributed by atoms with Gasteiger partial charge in [-0.3, -0.25) is 4.79 Å². The molecule has 0 aliphatic heterocycles. The molecule has 5 heteroatoms. The first-order chi connectivity index (χ1) is 10.4. The molecule has 2 aromatic carbocycles. The van der Waals surface area contributed by atoms with Gasteiger partial charge in [0.2, 0.25) is 5.91 Å². The molecule has 0 atom stereocenters. The van der Waals surface area contributed by atoms with E-state index in [1.54, 1.807) is 12.1 Å². The third kappa shape index (κ3) is 5.14. The van der Waals surface area contributed by atoms with Gasteiger partial charge in [-0.1, -0.05) is 45.3 Å². The van der Waals surface area contributed by atoms with E-state index < -0.39 is 5.82 Å². The van der Waals surface area contributed by atoms with Gasteiger partial charge in [-0.15, -0.1) is 11.8 Å². The Kier molecular flexibility index (Phi) is 6.03. The molecule has 0 aliphatic carbocycles. The number of nitrogens with one attached hydrogen (secondary N) is 1. The van der Waals surface area contributed by atoms with Crippen molar-refractivity contribution in [2.45, 2.75) is 19.6 Å². The van der Waals surface area contributed by atoms with Crippen LogP contribution >= 0.6 is 27.7 Å². The molecule has 2 rings (SSSR count). The van der Waals surface area contributed by atoms with Gasteiger partial charge in [0.25, 0.3) is 0 Å². The normalized spacial score (nSPS) is 10.5. The molecule has 0 spiro atoms. The lowest BCUT2D eigenvalue weighted by atomic mass is 10.1. The maximum atomic E-state index is 13.6. The van der Waals surface area contributed by atoms with Crippen molar-refractivity contribution in [2.75, 3.05) is 11.1 Å². The smallest absolute Gasteiger partial charge is 0.234 e. The minimum atomic E-state index is -0.443. The lowest BCUT2D eigenvalue weighted by molar-refractivity contribution is -0.113. The molecule has 0 unspecified atom stereocenters. The predicted molar refractivity (Wildman–Crippen MR) is 94.8 cm³/mol. The molecule has 0 saturated carbocycles. The molecule has 2 aromatic rings. The van der Waals surface area contributed by atoms with Gasteiger partial charge in [-0.05, 0) is 37.6 Å². The Morgan fingerprint density at radius 2 is 1.86 bits per heavy atom. The number of benzene rings is 2. The van der Waals surface area contributed by atoms with E-state index in [0.29, 0.717) is 10.2 Å². The maximum Gasteiger partial charge on any atom is 0.234 e. The molecule has 116 valence electrons. The van der Waals surface area contributed by atoms with E-state index in [0.717, 1.165) is 5.75 Å². The SMILES string of the molecule is Cc1cc(C)cc(CSCC(=O)Nc2ccc(Br)cc2F)c1. The minimum absolute atomic E-state index is 0.199. The van der Waals surface area contributed by atoms with Crippen LogP contribution in [-0.2, 0) is 10.5 Å². The van der Waals surface area contributed by atoms with Crippen molar-refractivity contribution in [3.05, 3.63) is 63.4 Å². The van der Waals surface area contributed by atoms with Crippen molar-refractivity contribution in [1.29, 1.82) is 0 Å². The van der Waals surface area contributed by atoms with Gasteiger partial charge in [0.1, 0.15) is 5.82 Å². The largest absolute Gasteiger partial charge is 0.323 e. The summed E-state index contributed by atoms with van der Waals surface area (Å²) >= 11 is 4.70. The first kappa shape index (κ1) is 17.0. The fourth-order valence-corrected chi connectivity index (χ4v) is 3.29. The molecular formula is C17H17BrFNOS. The highest BCUT2D eigenvalue weighted by molar-refractivity contribution is 9.10. The van der Waals surface area contributed by atoms with Gasteiger partial charge in [0.05, 0.1) is 11.4 Å². The maximum absolute atomic E-state index is 13.6. The van der Waals surface area contributed by atoms with E-state index in [9.17, 15) is 9.18 Å². The fraction of sp³-hybridized carbons (Fsp3) is 0.235. The summed E-state index contributed by atoms with van der Waals surface area (Å²) in [7, 11) is 0.